The number of ether oxygens (including phenoxy) is 1. The van der Waals surface area contributed by atoms with Crippen LogP contribution in [0.3, 0.4) is 0 Å². The summed E-state index contributed by atoms with van der Waals surface area (Å²) in [5.74, 6) is 0. The first-order valence-electron chi connectivity index (χ1n) is 3.25. The van der Waals surface area contributed by atoms with Crippen molar-refractivity contribution in [2.75, 3.05) is 28.4 Å². The smallest absolute Gasteiger partial charge is 0.399 e. The normalized spacial score (nSPS) is 10.5. The summed E-state index contributed by atoms with van der Waals surface area (Å²) in [6, 6.07) is 0. The van der Waals surface area contributed by atoms with E-state index in [-0.39, 0.29) is 0 Å². The van der Waals surface area contributed by atoms with E-state index < -0.39 is 10.4 Å². The molecule has 0 heterocycles. The van der Waals surface area contributed by atoms with Crippen LogP contribution in [0.2, 0.25) is 0 Å². The van der Waals surface area contributed by atoms with Gasteiger partial charge in [-0.05, 0) is 0 Å². The molecule has 0 rings (SSSR count). The predicted molar refractivity (Wildman–Crippen MR) is 48.1 cm³/mol. The summed E-state index contributed by atoms with van der Waals surface area (Å²) >= 11 is 0. The fourth-order valence-electron chi connectivity index (χ4n) is 0.204. The lowest BCUT2D eigenvalue weighted by Gasteiger charge is -1.91. The van der Waals surface area contributed by atoms with Crippen molar-refractivity contribution < 1.29 is 21.5 Å². The molecule has 0 aliphatic heterocycles. The van der Waals surface area contributed by atoms with Crippen LogP contribution in [-0.2, 0) is 23.5 Å². The summed E-state index contributed by atoms with van der Waals surface area (Å²) in [4.78, 5) is 0. The van der Waals surface area contributed by atoms with Crippen LogP contribution >= 0.6 is 0 Å². The Morgan fingerprint density at radius 3 is 1.69 bits per heavy atom. The zero-order chi connectivity index (χ0) is 10.7. The molecule has 7 heteroatoms. The minimum Gasteiger partial charge on any atom is -0.503 e. The second-order valence-electron chi connectivity index (χ2n) is 1.57. The Bertz CT molecular complexity index is 195. The van der Waals surface area contributed by atoms with E-state index >= 15 is 0 Å². The summed E-state index contributed by atoms with van der Waals surface area (Å²) in [5, 5.41) is 2.76. The van der Waals surface area contributed by atoms with Crippen LogP contribution in [0.5, 0.6) is 0 Å². The van der Waals surface area contributed by atoms with Gasteiger partial charge in [-0.15, -0.1) is 0 Å². The molecule has 0 saturated carbocycles. The van der Waals surface area contributed by atoms with Crippen molar-refractivity contribution in [1.82, 2.24) is 5.32 Å². The number of hydrogen-bond donors (Lipinski definition) is 1. The molecule has 0 aliphatic rings. The van der Waals surface area contributed by atoms with Crippen LogP contribution in [0.15, 0.2) is 12.5 Å². The average molecular weight is 213 g/mol. The molecule has 0 radical (unpaired) electrons. The molecule has 0 aromatic carbocycles. The van der Waals surface area contributed by atoms with Crippen LogP contribution < -0.4 is 5.32 Å². The summed E-state index contributed by atoms with van der Waals surface area (Å²) in [6.07, 6.45) is 3.28. The van der Waals surface area contributed by atoms with E-state index in [0.717, 1.165) is 14.2 Å². The van der Waals surface area contributed by atoms with E-state index in [9.17, 15) is 8.42 Å². The molecule has 0 unspecified atom stereocenters. The van der Waals surface area contributed by atoms with Crippen molar-refractivity contribution in [3.8, 4) is 0 Å². The van der Waals surface area contributed by atoms with Crippen LogP contribution in [0.25, 0.3) is 0 Å². The Morgan fingerprint density at radius 1 is 1.15 bits per heavy atom. The Hall–Kier alpha value is -0.790. The predicted octanol–water partition coefficient (Wildman–Crippen LogP) is -0.153. The molecule has 13 heavy (non-hydrogen) atoms. The van der Waals surface area contributed by atoms with E-state index in [1.807, 2.05) is 7.05 Å². The van der Waals surface area contributed by atoms with Gasteiger partial charge in [0.1, 0.15) is 0 Å². The van der Waals surface area contributed by atoms with Gasteiger partial charge in [0.05, 0.1) is 27.6 Å². The lowest BCUT2D eigenvalue weighted by Crippen LogP contribution is -2.02. The van der Waals surface area contributed by atoms with Crippen molar-refractivity contribution in [3.05, 3.63) is 12.5 Å². The fourth-order valence-corrected chi connectivity index (χ4v) is 0.340. The zero-order valence-electron chi connectivity index (χ0n) is 8.10. The maximum atomic E-state index is 9.92. The van der Waals surface area contributed by atoms with Gasteiger partial charge in [-0.25, -0.2) is 0 Å². The maximum absolute atomic E-state index is 9.92. The van der Waals surface area contributed by atoms with Crippen molar-refractivity contribution >= 4 is 10.4 Å². The highest BCUT2D eigenvalue weighted by Gasteiger charge is 2.01. The van der Waals surface area contributed by atoms with E-state index in [4.69, 9.17) is 0 Å². The van der Waals surface area contributed by atoms with Gasteiger partial charge in [0.25, 0.3) is 0 Å². The molecule has 0 amide bonds. The molecular formula is C6H15NO5S. The van der Waals surface area contributed by atoms with Gasteiger partial charge in [-0.2, -0.15) is 8.42 Å². The van der Waals surface area contributed by atoms with Gasteiger partial charge in [0.15, 0.2) is 0 Å². The molecule has 0 atom stereocenters. The first-order valence-corrected chi connectivity index (χ1v) is 4.58. The highest BCUT2D eigenvalue weighted by atomic mass is 32.3. The number of methoxy groups -OCH3 is 1. The Morgan fingerprint density at radius 2 is 1.62 bits per heavy atom. The zero-order valence-corrected chi connectivity index (χ0v) is 8.92. The van der Waals surface area contributed by atoms with Crippen molar-refractivity contribution in [2.45, 2.75) is 0 Å². The summed E-state index contributed by atoms with van der Waals surface area (Å²) < 4.78 is 32.1. The molecule has 1 N–H and O–H groups in total. The van der Waals surface area contributed by atoms with E-state index in [0.29, 0.717) is 0 Å². The molecule has 0 spiro atoms. The average Bonchev–Trinajstić information content (AvgIpc) is 2.16. The molecule has 0 fully saturated rings. The Labute approximate surface area is 78.8 Å². The standard InChI is InChI=1S/C4H9NO.C2H6O4S/c1-5-3-4-6-2;1-5-7(3,4)6-2/h3-5H,1-2H3;1-2H3. The third-order valence-electron chi connectivity index (χ3n) is 0.779. The topological polar surface area (TPSA) is 73.9 Å². The van der Waals surface area contributed by atoms with Crippen molar-refractivity contribution in [2.24, 2.45) is 0 Å². The number of rotatable bonds is 4. The first kappa shape index (κ1) is 14.7. The lowest BCUT2D eigenvalue weighted by molar-refractivity contribution is 0.286. The third-order valence-corrected chi connectivity index (χ3v) is 1.60. The molecule has 6 nitrogen and oxygen atoms in total. The minimum absolute atomic E-state index is 1.03. The van der Waals surface area contributed by atoms with E-state index in [2.05, 4.69) is 18.4 Å². The summed E-state index contributed by atoms with van der Waals surface area (Å²) in [5.41, 5.74) is 0. The molecule has 0 aromatic rings. The summed E-state index contributed by atoms with van der Waals surface area (Å²) in [6.45, 7) is 0. The lowest BCUT2D eigenvalue weighted by atomic mass is 10.9. The molecule has 0 bridgehead atoms. The van der Waals surface area contributed by atoms with Crippen molar-refractivity contribution in [3.63, 3.8) is 0 Å². The highest BCUT2D eigenvalue weighted by molar-refractivity contribution is 7.81. The van der Waals surface area contributed by atoms with E-state index in [1.54, 1.807) is 19.6 Å². The minimum atomic E-state index is -3.66. The molecule has 80 valence electrons. The molecule has 0 saturated heterocycles. The van der Waals surface area contributed by atoms with Gasteiger partial charge in [-0.3, -0.25) is 8.37 Å². The maximum Gasteiger partial charge on any atom is 0.399 e. The van der Waals surface area contributed by atoms with Crippen LogP contribution in [0, 0.1) is 0 Å². The second kappa shape index (κ2) is 9.30. The number of hydrogen-bond acceptors (Lipinski definition) is 6. The van der Waals surface area contributed by atoms with Gasteiger partial charge >= 0.3 is 10.4 Å². The van der Waals surface area contributed by atoms with Gasteiger partial charge in [0.2, 0.25) is 0 Å². The quantitative estimate of drug-likeness (QED) is 0.654. The molecule has 0 aliphatic carbocycles. The SMILES string of the molecule is CNC=COC.COS(=O)(=O)OC. The van der Waals surface area contributed by atoms with E-state index in [1.165, 1.54) is 0 Å². The van der Waals surface area contributed by atoms with Crippen molar-refractivity contribution in [1.29, 1.82) is 0 Å². The van der Waals surface area contributed by atoms with Crippen LogP contribution in [0.4, 0.5) is 0 Å². The Balaban J connectivity index is 0. The van der Waals surface area contributed by atoms with Crippen LogP contribution in [0.1, 0.15) is 0 Å². The van der Waals surface area contributed by atoms with Gasteiger partial charge in [0, 0.05) is 13.2 Å². The van der Waals surface area contributed by atoms with Crippen LogP contribution in [-0.4, -0.2) is 36.8 Å². The largest absolute Gasteiger partial charge is 0.503 e. The Kier molecular flexibility index (Phi) is 10.5. The fraction of sp³-hybridized carbons (Fsp3) is 0.667. The highest BCUT2D eigenvalue weighted by Crippen LogP contribution is 1.85. The second-order valence-corrected chi connectivity index (χ2v) is 3.05. The first-order chi connectivity index (χ1) is 6.04. The number of nitrogens with one attached hydrogen (secondary N) is 1. The third kappa shape index (κ3) is 14.1. The molecule has 0 aromatic heterocycles. The summed E-state index contributed by atoms with van der Waals surface area (Å²) in [7, 11) is 1.82. The van der Waals surface area contributed by atoms with Gasteiger partial charge in [-0.1, -0.05) is 0 Å². The van der Waals surface area contributed by atoms with Gasteiger partial charge < -0.3 is 10.1 Å². The monoisotopic (exact) mass is 213 g/mol. The molecular weight excluding hydrogens is 198 g/mol.